The number of methoxy groups -OCH3 is 1. The van der Waals surface area contributed by atoms with Crippen molar-refractivity contribution in [3.8, 4) is 5.75 Å². The number of nitrogens with one attached hydrogen (secondary N) is 2. The fourth-order valence-electron chi connectivity index (χ4n) is 1.59. The zero-order valence-electron chi connectivity index (χ0n) is 11.6. The Labute approximate surface area is 117 Å². The highest BCUT2D eigenvalue weighted by Gasteiger charge is 2.09. The van der Waals surface area contributed by atoms with Crippen molar-refractivity contribution in [3.63, 3.8) is 0 Å². The third-order valence-electron chi connectivity index (χ3n) is 2.57. The zero-order chi connectivity index (χ0) is 15.1. The summed E-state index contributed by atoms with van der Waals surface area (Å²) in [5.74, 6) is 0.286. The maximum absolute atomic E-state index is 11.7. The molecule has 1 rings (SSSR count). The molecule has 0 bridgehead atoms. The van der Waals surface area contributed by atoms with Gasteiger partial charge in [0.05, 0.1) is 12.8 Å². The number of hydrogen-bond acceptors (Lipinski definition) is 4. The number of anilines is 2. The molecule has 0 aromatic heterocycles. The van der Waals surface area contributed by atoms with Gasteiger partial charge in [-0.2, -0.15) is 0 Å². The van der Waals surface area contributed by atoms with Crippen molar-refractivity contribution in [1.29, 1.82) is 0 Å². The fraction of sp³-hybridized carbons (Fsp3) is 0.385. The first-order valence-corrected chi connectivity index (χ1v) is 6.22. The van der Waals surface area contributed by atoms with Crippen molar-refractivity contribution in [1.82, 2.24) is 0 Å². The second kappa shape index (κ2) is 7.34. The van der Waals surface area contributed by atoms with Crippen LogP contribution in [-0.2, 0) is 4.79 Å². The lowest BCUT2D eigenvalue weighted by molar-refractivity contribution is -0.116. The maximum atomic E-state index is 11.7. The van der Waals surface area contributed by atoms with E-state index in [1.807, 2.05) is 6.92 Å². The topological polar surface area (TPSA) is 119 Å². The van der Waals surface area contributed by atoms with Gasteiger partial charge in [0.15, 0.2) is 0 Å². The van der Waals surface area contributed by atoms with Gasteiger partial charge in [0.25, 0.3) is 0 Å². The van der Waals surface area contributed by atoms with Crippen LogP contribution in [0.25, 0.3) is 0 Å². The first-order chi connectivity index (χ1) is 9.42. The Hall–Kier alpha value is -2.28. The Balaban J connectivity index is 2.72. The lowest BCUT2D eigenvalue weighted by atomic mass is 10.2. The summed E-state index contributed by atoms with van der Waals surface area (Å²) in [4.78, 5) is 22.5. The van der Waals surface area contributed by atoms with Gasteiger partial charge in [-0.15, -0.1) is 0 Å². The van der Waals surface area contributed by atoms with Crippen LogP contribution in [0.1, 0.15) is 19.8 Å². The second-order valence-corrected chi connectivity index (χ2v) is 4.47. The first-order valence-electron chi connectivity index (χ1n) is 6.22. The van der Waals surface area contributed by atoms with Crippen LogP contribution < -0.4 is 26.8 Å². The Morgan fingerprint density at radius 1 is 1.35 bits per heavy atom. The molecule has 0 aliphatic carbocycles. The maximum Gasteiger partial charge on any atom is 0.316 e. The third kappa shape index (κ3) is 5.15. The number of ether oxygens (including phenoxy) is 1. The minimum absolute atomic E-state index is 0.0163. The Morgan fingerprint density at radius 2 is 2.05 bits per heavy atom. The largest absolute Gasteiger partial charge is 0.494 e. The van der Waals surface area contributed by atoms with Crippen LogP contribution in [0, 0.1) is 0 Å². The summed E-state index contributed by atoms with van der Waals surface area (Å²) in [7, 11) is 1.46. The smallest absolute Gasteiger partial charge is 0.316 e. The van der Waals surface area contributed by atoms with Crippen molar-refractivity contribution >= 4 is 23.3 Å². The Bertz CT molecular complexity index is 489. The van der Waals surface area contributed by atoms with Gasteiger partial charge < -0.3 is 26.8 Å². The van der Waals surface area contributed by atoms with Crippen molar-refractivity contribution < 1.29 is 14.3 Å². The van der Waals surface area contributed by atoms with E-state index in [0.29, 0.717) is 30.0 Å². The Kier molecular flexibility index (Phi) is 5.79. The number of carbonyl (C=O) groups is 2. The molecule has 0 saturated heterocycles. The van der Waals surface area contributed by atoms with Gasteiger partial charge in [0, 0.05) is 24.2 Å². The molecule has 0 radical (unpaired) electrons. The molecular weight excluding hydrogens is 260 g/mol. The predicted octanol–water partition coefficient (Wildman–Crippen LogP) is 1.25. The molecule has 3 amide bonds. The van der Waals surface area contributed by atoms with Crippen molar-refractivity contribution in [3.05, 3.63) is 18.2 Å². The van der Waals surface area contributed by atoms with E-state index in [4.69, 9.17) is 16.2 Å². The second-order valence-electron chi connectivity index (χ2n) is 4.47. The number of primary amides is 1. The standard InChI is InChI=1S/C13H20N4O3/c1-8(14)3-6-12(18)16-9-4-5-10(17-13(15)19)11(7-9)20-2/h4-5,7-8H,3,6,14H2,1-2H3,(H,16,18)(H3,15,17,19). The number of urea groups is 1. The minimum atomic E-state index is -0.683. The van der Waals surface area contributed by atoms with Crippen LogP contribution in [0.5, 0.6) is 5.75 Å². The highest BCUT2D eigenvalue weighted by Crippen LogP contribution is 2.27. The molecule has 0 fully saturated rings. The molecule has 0 heterocycles. The molecule has 7 nitrogen and oxygen atoms in total. The van der Waals surface area contributed by atoms with Gasteiger partial charge in [-0.3, -0.25) is 4.79 Å². The fourth-order valence-corrected chi connectivity index (χ4v) is 1.59. The third-order valence-corrected chi connectivity index (χ3v) is 2.57. The molecule has 7 heteroatoms. The van der Waals surface area contributed by atoms with Crippen LogP contribution in [-0.4, -0.2) is 25.1 Å². The summed E-state index contributed by atoms with van der Waals surface area (Å²) in [6, 6.07) is 4.16. The van der Waals surface area contributed by atoms with E-state index in [-0.39, 0.29) is 11.9 Å². The summed E-state index contributed by atoms with van der Waals surface area (Å²) in [6.07, 6.45) is 0.964. The molecule has 0 spiro atoms. The van der Waals surface area contributed by atoms with Gasteiger partial charge >= 0.3 is 6.03 Å². The molecule has 1 atom stereocenters. The Morgan fingerprint density at radius 3 is 2.60 bits per heavy atom. The number of benzene rings is 1. The zero-order valence-corrected chi connectivity index (χ0v) is 11.6. The average Bonchev–Trinajstić information content (AvgIpc) is 2.37. The average molecular weight is 280 g/mol. The first kappa shape index (κ1) is 15.8. The van der Waals surface area contributed by atoms with Crippen molar-refractivity contribution in [2.45, 2.75) is 25.8 Å². The minimum Gasteiger partial charge on any atom is -0.494 e. The summed E-state index contributed by atoms with van der Waals surface area (Å²) in [5.41, 5.74) is 11.7. The summed E-state index contributed by atoms with van der Waals surface area (Å²) in [5, 5.41) is 5.16. The quantitative estimate of drug-likeness (QED) is 0.626. The number of carbonyl (C=O) groups excluding carboxylic acids is 2. The van der Waals surface area contributed by atoms with Gasteiger partial charge in [0.1, 0.15) is 5.75 Å². The lowest BCUT2D eigenvalue weighted by Gasteiger charge is -2.12. The lowest BCUT2D eigenvalue weighted by Crippen LogP contribution is -2.20. The number of hydrogen-bond donors (Lipinski definition) is 4. The van der Waals surface area contributed by atoms with E-state index >= 15 is 0 Å². The molecule has 0 aliphatic rings. The van der Waals surface area contributed by atoms with Crippen LogP contribution in [0.2, 0.25) is 0 Å². The van der Waals surface area contributed by atoms with Crippen LogP contribution >= 0.6 is 0 Å². The molecule has 1 aromatic carbocycles. The van der Waals surface area contributed by atoms with E-state index in [0.717, 1.165) is 0 Å². The molecule has 110 valence electrons. The highest BCUT2D eigenvalue weighted by atomic mass is 16.5. The SMILES string of the molecule is COc1cc(NC(=O)CCC(C)N)ccc1NC(N)=O. The number of nitrogens with two attached hydrogens (primary N) is 2. The molecular formula is C13H20N4O3. The van der Waals surface area contributed by atoms with E-state index in [2.05, 4.69) is 10.6 Å². The van der Waals surface area contributed by atoms with Gasteiger partial charge in [0.2, 0.25) is 5.91 Å². The molecule has 6 N–H and O–H groups in total. The van der Waals surface area contributed by atoms with Gasteiger partial charge in [-0.1, -0.05) is 0 Å². The van der Waals surface area contributed by atoms with E-state index in [1.165, 1.54) is 7.11 Å². The molecule has 20 heavy (non-hydrogen) atoms. The van der Waals surface area contributed by atoms with Gasteiger partial charge in [-0.05, 0) is 25.5 Å². The molecule has 0 saturated carbocycles. The van der Waals surface area contributed by atoms with Crippen LogP contribution in [0.15, 0.2) is 18.2 Å². The van der Waals surface area contributed by atoms with Crippen molar-refractivity contribution in [2.24, 2.45) is 11.5 Å². The van der Waals surface area contributed by atoms with Crippen molar-refractivity contribution in [2.75, 3.05) is 17.7 Å². The normalized spacial score (nSPS) is 11.6. The molecule has 1 unspecified atom stereocenters. The van der Waals surface area contributed by atoms with Gasteiger partial charge in [-0.25, -0.2) is 4.79 Å². The number of amides is 3. The monoisotopic (exact) mass is 280 g/mol. The highest BCUT2D eigenvalue weighted by molar-refractivity contribution is 5.93. The molecule has 1 aromatic rings. The van der Waals surface area contributed by atoms with E-state index < -0.39 is 6.03 Å². The number of rotatable bonds is 6. The van der Waals surface area contributed by atoms with Crippen LogP contribution in [0.4, 0.5) is 16.2 Å². The predicted molar refractivity (Wildman–Crippen MR) is 77.7 cm³/mol. The van der Waals surface area contributed by atoms with Crippen LogP contribution in [0.3, 0.4) is 0 Å². The summed E-state index contributed by atoms with van der Waals surface area (Å²) in [6.45, 7) is 1.85. The molecule has 0 aliphatic heterocycles. The summed E-state index contributed by atoms with van der Waals surface area (Å²) < 4.78 is 5.13. The summed E-state index contributed by atoms with van der Waals surface area (Å²) >= 11 is 0. The van der Waals surface area contributed by atoms with E-state index in [1.54, 1.807) is 18.2 Å². The van der Waals surface area contributed by atoms with E-state index in [9.17, 15) is 9.59 Å².